The van der Waals surface area contributed by atoms with Crippen LogP contribution in [0.15, 0.2) is 48.8 Å². The molecule has 0 radical (unpaired) electrons. The van der Waals surface area contributed by atoms with E-state index in [9.17, 15) is 5.21 Å². The summed E-state index contributed by atoms with van der Waals surface area (Å²) in [5.41, 5.74) is 1.80. The number of nitrogens with zero attached hydrogens (tertiary/aromatic N) is 3. The molecule has 2 heterocycles. The minimum atomic E-state index is -0.0511. The number of rotatable bonds is 6. The lowest BCUT2D eigenvalue weighted by Gasteiger charge is -2.29. The number of hydrogen-bond acceptors (Lipinski definition) is 3. The Hall–Kier alpha value is -1.78. The molecule has 0 saturated carbocycles. The van der Waals surface area contributed by atoms with Gasteiger partial charge in [0.1, 0.15) is 6.54 Å². The third kappa shape index (κ3) is 4.12. The summed E-state index contributed by atoms with van der Waals surface area (Å²) >= 11 is 0. The van der Waals surface area contributed by atoms with E-state index in [1.807, 2.05) is 36.4 Å². The average molecular weight is 258 g/mol. The van der Waals surface area contributed by atoms with Gasteiger partial charge in [0.15, 0.2) is 13.1 Å². The van der Waals surface area contributed by atoms with E-state index in [1.165, 1.54) is 0 Å². The highest BCUT2D eigenvalue weighted by Gasteiger charge is 2.26. The van der Waals surface area contributed by atoms with Crippen LogP contribution in [0.2, 0.25) is 0 Å². The normalized spacial score (nSPS) is 11.5. The topological polar surface area (TPSA) is 46.0 Å². The van der Waals surface area contributed by atoms with Crippen molar-refractivity contribution in [2.45, 2.75) is 26.4 Å². The summed E-state index contributed by atoms with van der Waals surface area (Å²) in [5, 5.41) is 10.8. The van der Waals surface area contributed by atoms with E-state index >= 15 is 0 Å². The zero-order valence-electron chi connectivity index (χ0n) is 11.2. The van der Waals surface area contributed by atoms with Gasteiger partial charge in [-0.05, 0) is 30.7 Å². The lowest BCUT2D eigenvalue weighted by molar-refractivity contribution is -1.12. The van der Waals surface area contributed by atoms with E-state index in [-0.39, 0.29) is 4.65 Å². The molecule has 0 aromatic carbocycles. The fourth-order valence-corrected chi connectivity index (χ4v) is 2.22. The maximum Gasteiger partial charge on any atom is 0.151 e. The predicted octanol–water partition coefficient (Wildman–Crippen LogP) is 2.79. The summed E-state index contributed by atoms with van der Waals surface area (Å²) in [7, 11) is 0. The zero-order valence-corrected chi connectivity index (χ0v) is 11.2. The summed E-state index contributed by atoms with van der Waals surface area (Å²) in [4.78, 5) is 8.58. The monoisotopic (exact) mass is 258 g/mol. The first kappa shape index (κ1) is 13.6. The molecule has 0 amide bonds. The highest BCUT2D eigenvalue weighted by molar-refractivity contribution is 5.03. The molecule has 2 rings (SSSR count). The predicted molar refractivity (Wildman–Crippen MR) is 73.1 cm³/mol. The number of aromatic nitrogens is 2. The Balaban J connectivity index is 2.13. The third-order valence-electron chi connectivity index (χ3n) is 3.00. The van der Waals surface area contributed by atoms with Gasteiger partial charge in [0.2, 0.25) is 0 Å². The van der Waals surface area contributed by atoms with E-state index in [1.54, 1.807) is 12.4 Å². The molecular weight excluding hydrogens is 238 g/mol. The summed E-state index contributed by atoms with van der Waals surface area (Å²) in [5.74, 6) is 0. The van der Waals surface area contributed by atoms with Crippen LogP contribution in [0.25, 0.3) is 0 Å². The van der Waals surface area contributed by atoms with Crippen molar-refractivity contribution in [3.63, 3.8) is 0 Å². The minimum absolute atomic E-state index is 0.0511. The van der Waals surface area contributed by atoms with Crippen LogP contribution in [0.1, 0.15) is 24.7 Å². The second-order valence-corrected chi connectivity index (χ2v) is 4.78. The van der Waals surface area contributed by atoms with Crippen LogP contribution in [-0.4, -0.2) is 26.4 Å². The van der Waals surface area contributed by atoms with E-state index in [0.717, 1.165) is 17.8 Å². The standard InChI is InChI=1S/C15H20N3O/c1-2-11-18(19,12-14-7-3-5-9-16-14)13-15-8-4-6-10-17-15/h3-10,19H,2,11-13H2,1H3/q+1. The summed E-state index contributed by atoms with van der Waals surface area (Å²) < 4.78 is -0.0511. The quantitative estimate of drug-likeness (QED) is 0.640. The molecule has 0 saturated heterocycles. The van der Waals surface area contributed by atoms with Crippen LogP contribution >= 0.6 is 0 Å². The molecule has 0 aliphatic carbocycles. The SMILES string of the molecule is CCC[N+](O)(Cc1ccccn1)Cc1ccccn1. The Bertz CT molecular complexity index is 446. The summed E-state index contributed by atoms with van der Waals surface area (Å²) in [6, 6.07) is 11.5. The second-order valence-electron chi connectivity index (χ2n) is 4.78. The van der Waals surface area contributed by atoms with Crippen molar-refractivity contribution in [2.75, 3.05) is 6.54 Å². The van der Waals surface area contributed by atoms with Gasteiger partial charge in [-0.15, -0.1) is 0 Å². The molecule has 0 aliphatic rings. The van der Waals surface area contributed by atoms with Crippen molar-refractivity contribution >= 4 is 0 Å². The first-order chi connectivity index (χ1) is 9.22. The van der Waals surface area contributed by atoms with E-state index < -0.39 is 0 Å². The van der Waals surface area contributed by atoms with E-state index in [2.05, 4.69) is 16.9 Å². The number of hydroxylamine groups is 3. The third-order valence-corrected chi connectivity index (χ3v) is 3.00. The Morgan fingerprint density at radius 1 is 0.947 bits per heavy atom. The fraction of sp³-hybridized carbons (Fsp3) is 0.333. The highest BCUT2D eigenvalue weighted by Crippen LogP contribution is 2.15. The number of pyridine rings is 2. The van der Waals surface area contributed by atoms with Gasteiger partial charge in [-0.25, -0.2) is 5.21 Å². The molecule has 2 aromatic rings. The molecule has 0 spiro atoms. The first-order valence-electron chi connectivity index (χ1n) is 6.60. The van der Waals surface area contributed by atoms with Crippen LogP contribution in [0, 0.1) is 0 Å². The van der Waals surface area contributed by atoms with Gasteiger partial charge in [-0.2, -0.15) is 4.65 Å². The lowest BCUT2D eigenvalue weighted by Crippen LogP contribution is -2.44. The second kappa shape index (κ2) is 6.41. The van der Waals surface area contributed by atoms with Gasteiger partial charge in [0.05, 0.1) is 11.4 Å². The Kier molecular flexibility index (Phi) is 4.60. The van der Waals surface area contributed by atoms with Gasteiger partial charge in [-0.3, -0.25) is 9.97 Å². The Morgan fingerprint density at radius 2 is 1.47 bits per heavy atom. The molecule has 0 unspecified atom stereocenters. The van der Waals surface area contributed by atoms with Gasteiger partial charge in [-0.1, -0.05) is 19.1 Å². The molecule has 4 nitrogen and oxygen atoms in total. The van der Waals surface area contributed by atoms with Gasteiger partial charge in [0, 0.05) is 12.4 Å². The van der Waals surface area contributed by atoms with Gasteiger partial charge >= 0.3 is 0 Å². The van der Waals surface area contributed by atoms with Crippen LogP contribution in [0.5, 0.6) is 0 Å². The molecule has 0 atom stereocenters. The minimum Gasteiger partial charge on any atom is -0.255 e. The van der Waals surface area contributed by atoms with Crippen molar-refractivity contribution in [2.24, 2.45) is 0 Å². The average Bonchev–Trinajstić information content (AvgIpc) is 2.41. The molecule has 0 fully saturated rings. The first-order valence-corrected chi connectivity index (χ1v) is 6.60. The molecular formula is C15H20N3O+. The van der Waals surface area contributed by atoms with Crippen molar-refractivity contribution in [1.29, 1.82) is 0 Å². The van der Waals surface area contributed by atoms with Crippen molar-refractivity contribution < 1.29 is 9.85 Å². The van der Waals surface area contributed by atoms with Crippen LogP contribution in [0.4, 0.5) is 0 Å². The van der Waals surface area contributed by atoms with Crippen LogP contribution in [-0.2, 0) is 13.1 Å². The Morgan fingerprint density at radius 3 is 1.84 bits per heavy atom. The zero-order chi connectivity index (χ0) is 13.6. The van der Waals surface area contributed by atoms with Gasteiger partial charge < -0.3 is 0 Å². The number of hydrogen-bond donors (Lipinski definition) is 1. The highest BCUT2D eigenvalue weighted by atomic mass is 16.5. The molecule has 0 aliphatic heterocycles. The lowest BCUT2D eigenvalue weighted by atomic mass is 10.2. The van der Waals surface area contributed by atoms with E-state index in [0.29, 0.717) is 19.6 Å². The maximum absolute atomic E-state index is 10.8. The molecule has 4 heteroatoms. The van der Waals surface area contributed by atoms with Crippen molar-refractivity contribution in [3.8, 4) is 0 Å². The largest absolute Gasteiger partial charge is 0.255 e. The molecule has 1 N–H and O–H groups in total. The molecule has 0 bridgehead atoms. The van der Waals surface area contributed by atoms with Crippen molar-refractivity contribution in [1.82, 2.24) is 9.97 Å². The summed E-state index contributed by atoms with van der Waals surface area (Å²) in [6.07, 6.45) is 4.43. The molecule has 19 heavy (non-hydrogen) atoms. The summed E-state index contributed by atoms with van der Waals surface area (Å²) in [6.45, 7) is 3.77. The van der Waals surface area contributed by atoms with Crippen LogP contribution in [0.3, 0.4) is 0 Å². The fourth-order valence-electron chi connectivity index (χ4n) is 2.22. The maximum atomic E-state index is 10.8. The molecule has 2 aromatic heterocycles. The molecule has 100 valence electrons. The smallest absolute Gasteiger partial charge is 0.151 e. The Labute approximate surface area is 113 Å². The van der Waals surface area contributed by atoms with Crippen LogP contribution < -0.4 is 0 Å². The van der Waals surface area contributed by atoms with Crippen molar-refractivity contribution in [3.05, 3.63) is 60.2 Å². The van der Waals surface area contributed by atoms with Gasteiger partial charge in [0.25, 0.3) is 0 Å². The number of quaternary nitrogens is 1. The van der Waals surface area contributed by atoms with E-state index in [4.69, 9.17) is 0 Å².